The second kappa shape index (κ2) is 6.60. The van der Waals surface area contributed by atoms with E-state index in [4.69, 9.17) is 4.74 Å². The molecule has 3 aromatic rings. The first-order chi connectivity index (χ1) is 11.5. The number of ether oxygens (including phenoxy) is 1. The Labute approximate surface area is 144 Å². The Morgan fingerprint density at radius 3 is 2.75 bits per heavy atom. The zero-order valence-corrected chi connectivity index (χ0v) is 14.8. The first-order valence-corrected chi connectivity index (χ1v) is 8.48. The van der Waals surface area contributed by atoms with Gasteiger partial charge in [-0.15, -0.1) is 10.2 Å². The van der Waals surface area contributed by atoms with Crippen molar-refractivity contribution >= 4 is 23.3 Å². The van der Waals surface area contributed by atoms with Gasteiger partial charge in [-0.25, -0.2) is 4.98 Å². The normalized spacial score (nSPS) is 11.0. The lowest BCUT2D eigenvalue weighted by atomic mass is 10.1. The van der Waals surface area contributed by atoms with Gasteiger partial charge in [0, 0.05) is 28.3 Å². The van der Waals surface area contributed by atoms with Crippen LogP contribution in [0.15, 0.2) is 29.4 Å². The molecule has 1 aromatic carbocycles. The number of hydrogen-bond acceptors (Lipinski definition) is 6. The van der Waals surface area contributed by atoms with Crippen LogP contribution in [0.2, 0.25) is 0 Å². The van der Waals surface area contributed by atoms with Crippen LogP contribution in [0.4, 0.5) is 0 Å². The van der Waals surface area contributed by atoms with Crippen LogP contribution in [-0.4, -0.2) is 32.5 Å². The fraction of sp³-hybridized carbons (Fsp3) is 0.294. The van der Waals surface area contributed by atoms with Gasteiger partial charge in [-0.1, -0.05) is 11.8 Å². The van der Waals surface area contributed by atoms with Crippen LogP contribution in [0, 0.1) is 13.8 Å². The molecule has 2 aromatic heterocycles. The molecule has 0 radical (unpaired) electrons. The molecule has 124 valence electrons. The third kappa shape index (κ3) is 3.12. The van der Waals surface area contributed by atoms with Gasteiger partial charge in [0.1, 0.15) is 5.75 Å². The van der Waals surface area contributed by atoms with Crippen molar-refractivity contribution in [1.29, 1.82) is 0 Å². The molecule has 24 heavy (non-hydrogen) atoms. The standard InChI is InChI=1S/C17H18N4O2S/c1-10-7-11(2)21-16(18-10)19-20-17(21)24-9-14-8-13(12(3)22)5-6-15(14)23-4/h5-8H,9H2,1-4H3. The molecule has 6 nitrogen and oxygen atoms in total. The number of hydrogen-bond donors (Lipinski definition) is 0. The number of carbonyl (C=O) groups excluding carboxylic acids is 1. The Bertz CT molecular complexity index is 920. The number of carbonyl (C=O) groups is 1. The number of aryl methyl sites for hydroxylation is 2. The van der Waals surface area contributed by atoms with Crippen molar-refractivity contribution in [2.24, 2.45) is 0 Å². The van der Waals surface area contributed by atoms with Crippen LogP contribution in [-0.2, 0) is 5.75 Å². The number of methoxy groups -OCH3 is 1. The van der Waals surface area contributed by atoms with E-state index in [2.05, 4.69) is 15.2 Å². The molecule has 0 spiro atoms. The molecule has 0 saturated carbocycles. The molecule has 0 aliphatic heterocycles. The fourth-order valence-corrected chi connectivity index (χ4v) is 3.51. The van der Waals surface area contributed by atoms with Gasteiger partial charge >= 0.3 is 0 Å². The summed E-state index contributed by atoms with van der Waals surface area (Å²) in [5, 5.41) is 9.14. The highest BCUT2D eigenvalue weighted by atomic mass is 32.2. The zero-order chi connectivity index (χ0) is 17.3. The lowest BCUT2D eigenvalue weighted by Gasteiger charge is -2.09. The maximum Gasteiger partial charge on any atom is 0.256 e. The summed E-state index contributed by atoms with van der Waals surface area (Å²) < 4.78 is 7.33. The van der Waals surface area contributed by atoms with E-state index in [0.717, 1.165) is 27.9 Å². The minimum atomic E-state index is 0.0346. The second-order valence-electron chi connectivity index (χ2n) is 5.53. The summed E-state index contributed by atoms with van der Waals surface area (Å²) in [5.74, 6) is 2.01. The molecule has 0 bridgehead atoms. The molecule has 0 aliphatic rings. The van der Waals surface area contributed by atoms with Crippen LogP contribution in [0.1, 0.15) is 34.2 Å². The van der Waals surface area contributed by atoms with E-state index in [0.29, 0.717) is 17.1 Å². The highest BCUT2D eigenvalue weighted by molar-refractivity contribution is 7.98. The largest absolute Gasteiger partial charge is 0.496 e. The highest BCUT2D eigenvalue weighted by Gasteiger charge is 2.13. The summed E-state index contributed by atoms with van der Waals surface area (Å²) in [4.78, 5) is 16.0. The highest BCUT2D eigenvalue weighted by Crippen LogP contribution is 2.28. The van der Waals surface area contributed by atoms with Crippen LogP contribution >= 0.6 is 11.8 Å². The quantitative estimate of drug-likeness (QED) is 0.524. The van der Waals surface area contributed by atoms with Gasteiger partial charge in [0.05, 0.1) is 7.11 Å². The summed E-state index contributed by atoms with van der Waals surface area (Å²) in [7, 11) is 1.63. The predicted molar refractivity (Wildman–Crippen MR) is 92.8 cm³/mol. The fourth-order valence-electron chi connectivity index (χ4n) is 2.55. The summed E-state index contributed by atoms with van der Waals surface area (Å²) in [6, 6.07) is 7.47. The molecule has 7 heteroatoms. The number of nitrogens with zero attached hydrogens (tertiary/aromatic N) is 4. The van der Waals surface area contributed by atoms with Crippen molar-refractivity contribution in [2.75, 3.05) is 7.11 Å². The van der Waals surface area contributed by atoms with E-state index in [1.54, 1.807) is 20.1 Å². The van der Waals surface area contributed by atoms with Crippen molar-refractivity contribution in [3.63, 3.8) is 0 Å². The smallest absolute Gasteiger partial charge is 0.256 e. The molecule has 0 amide bonds. The number of Topliss-reactive ketones (excluding diaryl/α,β-unsaturated/α-hetero) is 1. The first kappa shape index (κ1) is 16.4. The lowest BCUT2D eigenvalue weighted by Crippen LogP contribution is -1.99. The molecule has 0 atom stereocenters. The number of fused-ring (bicyclic) bond motifs is 1. The minimum absolute atomic E-state index is 0.0346. The van der Waals surface area contributed by atoms with E-state index in [-0.39, 0.29) is 5.78 Å². The van der Waals surface area contributed by atoms with E-state index in [1.165, 1.54) is 11.8 Å². The van der Waals surface area contributed by atoms with E-state index >= 15 is 0 Å². The number of rotatable bonds is 5. The number of thioether (sulfide) groups is 1. The SMILES string of the molecule is COc1ccc(C(C)=O)cc1CSc1nnc2nc(C)cc(C)n12. The second-order valence-corrected chi connectivity index (χ2v) is 6.47. The number of ketones is 1. The summed E-state index contributed by atoms with van der Waals surface area (Å²) >= 11 is 1.54. The Hall–Kier alpha value is -2.41. The summed E-state index contributed by atoms with van der Waals surface area (Å²) in [6.07, 6.45) is 0. The van der Waals surface area contributed by atoms with Gasteiger partial charge in [0.15, 0.2) is 10.9 Å². The minimum Gasteiger partial charge on any atom is -0.496 e. The van der Waals surface area contributed by atoms with Gasteiger partial charge in [-0.05, 0) is 45.0 Å². The molecule has 2 heterocycles. The monoisotopic (exact) mass is 342 g/mol. The molecule has 3 rings (SSSR count). The molecular formula is C17H18N4O2S. The van der Waals surface area contributed by atoms with E-state index < -0.39 is 0 Å². The van der Waals surface area contributed by atoms with E-state index in [1.807, 2.05) is 36.4 Å². The summed E-state index contributed by atoms with van der Waals surface area (Å²) in [5.41, 5.74) is 3.57. The molecule has 0 saturated heterocycles. The first-order valence-electron chi connectivity index (χ1n) is 7.49. The topological polar surface area (TPSA) is 69.4 Å². The predicted octanol–water partition coefficient (Wildman–Crippen LogP) is 3.24. The third-order valence-corrected chi connectivity index (χ3v) is 4.68. The lowest BCUT2D eigenvalue weighted by molar-refractivity contribution is 0.101. The van der Waals surface area contributed by atoms with Gasteiger partial charge in [0.25, 0.3) is 5.78 Å². The Morgan fingerprint density at radius 1 is 1.25 bits per heavy atom. The molecule has 0 fully saturated rings. The number of benzene rings is 1. The van der Waals surface area contributed by atoms with Crippen LogP contribution in [0.5, 0.6) is 5.75 Å². The molecule has 0 aliphatic carbocycles. The third-order valence-electron chi connectivity index (χ3n) is 3.71. The van der Waals surface area contributed by atoms with Crippen LogP contribution < -0.4 is 4.74 Å². The van der Waals surface area contributed by atoms with Crippen molar-refractivity contribution in [1.82, 2.24) is 19.6 Å². The van der Waals surface area contributed by atoms with Gasteiger partial charge in [-0.2, -0.15) is 0 Å². The average Bonchev–Trinajstić information content (AvgIpc) is 2.95. The Balaban J connectivity index is 1.91. The van der Waals surface area contributed by atoms with E-state index in [9.17, 15) is 4.79 Å². The van der Waals surface area contributed by atoms with Gasteiger partial charge in [0.2, 0.25) is 0 Å². The van der Waals surface area contributed by atoms with Crippen molar-refractivity contribution in [3.8, 4) is 5.75 Å². The van der Waals surface area contributed by atoms with Gasteiger partial charge in [-0.3, -0.25) is 9.20 Å². The maximum absolute atomic E-state index is 11.6. The Kier molecular flexibility index (Phi) is 4.53. The maximum atomic E-state index is 11.6. The van der Waals surface area contributed by atoms with Crippen LogP contribution in [0.3, 0.4) is 0 Å². The molecule has 0 N–H and O–H groups in total. The van der Waals surface area contributed by atoms with Crippen molar-refractivity contribution < 1.29 is 9.53 Å². The van der Waals surface area contributed by atoms with Crippen LogP contribution in [0.25, 0.3) is 5.78 Å². The van der Waals surface area contributed by atoms with Crippen molar-refractivity contribution in [3.05, 3.63) is 46.8 Å². The number of aromatic nitrogens is 4. The molecule has 0 unspecified atom stereocenters. The summed E-state index contributed by atoms with van der Waals surface area (Å²) in [6.45, 7) is 5.50. The average molecular weight is 342 g/mol. The Morgan fingerprint density at radius 2 is 2.04 bits per heavy atom. The molecular weight excluding hydrogens is 324 g/mol. The van der Waals surface area contributed by atoms with Gasteiger partial charge < -0.3 is 4.74 Å². The zero-order valence-electron chi connectivity index (χ0n) is 14.0. The van der Waals surface area contributed by atoms with Crippen molar-refractivity contribution in [2.45, 2.75) is 31.7 Å².